The number of hydrogen-bond acceptors (Lipinski definition) is 4. The third-order valence-electron chi connectivity index (χ3n) is 3.58. The van der Waals surface area contributed by atoms with Gasteiger partial charge in [0.25, 0.3) is 0 Å². The number of unbranched alkanes of at least 4 members (excludes halogenated alkanes) is 2. The normalized spacial score (nSPS) is 19.2. The van der Waals surface area contributed by atoms with Gasteiger partial charge in [-0.2, -0.15) is 0 Å². The number of aliphatic hydroxyl groups is 2. The van der Waals surface area contributed by atoms with Crippen molar-refractivity contribution in [3.8, 4) is 0 Å². The Hall–Kier alpha value is -0.160. The summed E-state index contributed by atoms with van der Waals surface area (Å²) >= 11 is 0. The zero-order valence-electron chi connectivity index (χ0n) is 16.8. The second kappa shape index (κ2) is 14.2. The van der Waals surface area contributed by atoms with Crippen LogP contribution in [0.4, 0.5) is 0 Å². The van der Waals surface area contributed by atoms with Crippen molar-refractivity contribution in [3.63, 3.8) is 0 Å². The number of piperidine rings is 1. The molecule has 4 heteroatoms. The van der Waals surface area contributed by atoms with Gasteiger partial charge in [0.05, 0.1) is 6.10 Å². The second-order valence-electron chi connectivity index (χ2n) is 7.73. The molecule has 0 saturated carbocycles. The fourth-order valence-corrected chi connectivity index (χ4v) is 3.00. The zero-order valence-corrected chi connectivity index (χ0v) is 16.8. The van der Waals surface area contributed by atoms with Gasteiger partial charge in [-0.15, -0.1) is 0 Å². The summed E-state index contributed by atoms with van der Waals surface area (Å²) in [6.07, 6.45) is 6.83. The highest BCUT2D eigenvalue weighted by molar-refractivity contribution is 4.96. The van der Waals surface area contributed by atoms with Gasteiger partial charge in [-0.1, -0.05) is 26.7 Å². The maximum Gasteiger partial charge on any atom is 0.0575 e. The molecule has 1 rings (SSSR count). The van der Waals surface area contributed by atoms with Crippen LogP contribution in [0, 0.1) is 0 Å². The molecule has 4 nitrogen and oxygen atoms in total. The summed E-state index contributed by atoms with van der Waals surface area (Å²) in [5.74, 6) is 0. The van der Waals surface area contributed by atoms with Gasteiger partial charge in [0.1, 0.15) is 0 Å². The van der Waals surface area contributed by atoms with Crippen molar-refractivity contribution in [2.45, 2.75) is 104 Å². The van der Waals surface area contributed by atoms with Gasteiger partial charge >= 0.3 is 0 Å². The lowest BCUT2D eigenvalue weighted by molar-refractivity contribution is 0.0396. The summed E-state index contributed by atoms with van der Waals surface area (Å²) in [4.78, 5) is 0. The smallest absolute Gasteiger partial charge is 0.0575 e. The van der Waals surface area contributed by atoms with Gasteiger partial charge in [-0.05, 0) is 73.4 Å². The lowest BCUT2D eigenvalue weighted by Gasteiger charge is -2.44. The summed E-state index contributed by atoms with van der Waals surface area (Å²) in [6.45, 7) is 17.3. The number of rotatable bonds is 6. The molecule has 0 unspecified atom stereocenters. The van der Waals surface area contributed by atoms with E-state index in [2.05, 4.69) is 52.2 Å². The molecule has 1 heterocycles. The van der Waals surface area contributed by atoms with Crippen molar-refractivity contribution in [1.29, 1.82) is 0 Å². The minimum Gasteiger partial charge on any atom is -0.397 e. The van der Waals surface area contributed by atoms with Crippen LogP contribution in [0.15, 0.2) is 0 Å². The second-order valence-corrected chi connectivity index (χ2v) is 7.73. The van der Waals surface area contributed by atoms with E-state index in [9.17, 15) is 5.11 Å². The first-order valence-corrected chi connectivity index (χ1v) is 9.43. The lowest BCUT2D eigenvalue weighted by Crippen LogP contribution is -2.59. The van der Waals surface area contributed by atoms with Crippen molar-refractivity contribution in [3.05, 3.63) is 0 Å². The summed E-state index contributed by atoms with van der Waals surface area (Å²) in [5, 5.41) is 24.0. The molecule has 142 valence electrons. The van der Waals surface area contributed by atoms with Crippen LogP contribution in [0.5, 0.6) is 0 Å². The van der Waals surface area contributed by atoms with E-state index in [-0.39, 0.29) is 23.8 Å². The number of aliphatic hydroxyl groups excluding tert-OH is 2. The molecule has 4 N–H and O–H groups in total. The predicted molar refractivity (Wildman–Crippen MR) is 102 cm³/mol. The molecule has 0 atom stereocenters. The Morgan fingerprint density at radius 2 is 1.26 bits per heavy atom. The summed E-state index contributed by atoms with van der Waals surface area (Å²) in [7, 11) is 0. The average Bonchev–Trinajstić information content (AvgIpc) is 2.36. The Morgan fingerprint density at radius 1 is 0.913 bits per heavy atom. The van der Waals surface area contributed by atoms with Gasteiger partial charge in [0.2, 0.25) is 0 Å². The van der Waals surface area contributed by atoms with Crippen LogP contribution in [-0.2, 0) is 0 Å². The third kappa shape index (κ3) is 18.0. The van der Waals surface area contributed by atoms with Crippen molar-refractivity contribution in [1.82, 2.24) is 10.6 Å². The fraction of sp³-hybridized carbons (Fsp3) is 1.00. The molecule has 1 fully saturated rings. The Labute approximate surface area is 145 Å². The maximum absolute atomic E-state index is 9.54. The highest BCUT2D eigenvalue weighted by Gasteiger charge is 2.36. The monoisotopic (exact) mass is 332 g/mol. The van der Waals surface area contributed by atoms with Gasteiger partial charge in [0, 0.05) is 17.7 Å². The molecule has 0 aromatic rings. The molecule has 0 aromatic carbocycles. The molecule has 0 aromatic heterocycles. The standard InChI is InChI=1S/C9H19NO.C8H19N.C2H6O/c1-8(2)5-7(11)6-9(3,4)10-8;1-3-5-7-9-8-6-4-2;1-2-3/h7,10-11H,5-6H2,1-4H3;9H,3-8H2,1-2H3;3H,2H2,1H3. The fourth-order valence-electron chi connectivity index (χ4n) is 3.00. The van der Waals surface area contributed by atoms with Crippen LogP contribution in [0.2, 0.25) is 0 Å². The van der Waals surface area contributed by atoms with E-state index in [1.165, 1.54) is 38.8 Å². The Morgan fingerprint density at radius 3 is 1.52 bits per heavy atom. The van der Waals surface area contributed by atoms with Crippen LogP contribution in [0.1, 0.15) is 87.0 Å². The van der Waals surface area contributed by atoms with E-state index in [0.717, 1.165) is 12.8 Å². The first-order chi connectivity index (χ1) is 10.6. The molecule has 1 aliphatic heterocycles. The third-order valence-corrected chi connectivity index (χ3v) is 3.58. The van der Waals surface area contributed by atoms with Gasteiger partial charge < -0.3 is 20.8 Å². The molecule has 0 radical (unpaired) electrons. The first-order valence-electron chi connectivity index (χ1n) is 9.43. The maximum atomic E-state index is 9.54. The summed E-state index contributed by atoms with van der Waals surface area (Å²) in [6, 6.07) is 0. The number of nitrogens with one attached hydrogen (secondary N) is 2. The Kier molecular flexibility index (Phi) is 15.5. The van der Waals surface area contributed by atoms with E-state index in [1.54, 1.807) is 6.92 Å². The van der Waals surface area contributed by atoms with Crippen LogP contribution >= 0.6 is 0 Å². The zero-order chi connectivity index (χ0) is 18.4. The topological polar surface area (TPSA) is 64.5 Å². The van der Waals surface area contributed by atoms with Gasteiger partial charge in [-0.25, -0.2) is 0 Å². The van der Waals surface area contributed by atoms with E-state index < -0.39 is 0 Å². The summed E-state index contributed by atoms with van der Waals surface area (Å²) < 4.78 is 0. The van der Waals surface area contributed by atoms with Crippen LogP contribution in [0.3, 0.4) is 0 Å². The Bertz CT molecular complexity index is 234. The molecular weight excluding hydrogens is 288 g/mol. The van der Waals surface area contributed by atoms with Crippen LogP contribution in [-0.4, -0.2) is 47.1 Å². The number of hydrogen-bond donors (Lipinski definition) is 4. The minimum absolute atomic E-state index is 0.0845. The minimum atomic E-state index is -0.138. The van der Waals surface area contributed by atoms with E-state index in [1.807, 2.05) is 0 Å². The van der Waals surface area contributed by atoms with E-state index in [0.29, 0.717) is 0 Å². The molecule has 0 amide bonds. The van der Waals surface area contributed by atoms with Crippen molar-refractivity contribution >= 4 is 0 Å². The van der Waals surface area contributed by atoms with Crippen LogP contribution in [0.25, 0.3) is 0 Å². The SMILES string of the molecule is CC1(C)CC(O)CC(C)(C)N1.CCCCNCCCC.CCO. The van der Waals surface area contributed by atoms with Crippen molar-refractivity contribution in [2.24, 2.45) is 0 Å². The first kappa shape index (κ1) is 25.1. The molecule has 23 heavy (non-hydrogen) atoms. The molecular formula is C19H44N2O2. The van der Waals surface area contributed by atoms with E-state index in [4.69, 9.17) is 5.11 Å². The van der Waals surface area contributed by atoms with Crippen molar-refractivity contribution in [2.75, 3.05) is 19.7 Å². The molecule has 0 aliphatic carbocycles. The lowest BCUT2D eigenvalue weighted by atomic mass is 9.81. The highest BCUT2D eigenvalue weighted by atomic mass is 16.3. The largest absolute Gasteiger partial charge is 0.397 e. The summed E-state index contributed by atoms with van der Waals surface area (Å²) in [5.41, 5.74) is 0.169. The molecule has 1 saturated heterocycles. The van der Waals surface area contributed by atoms with Crippen molar-refractivity contribution < 1.29 is 10.2 Å². The van der Waals surface area contributed by atoms with Gasteiger partial charge in [0.15, 0.2) is 0 Å². The molecule has 0 spiro atoms. The van der Waals surface area contributed by atoms with E-state index >= 15 is 0 Å². The van der Waals surface area contributed by atoms with Crippen LogP contribution < -0.4 is 10.6 Å². The molecule has 1 aliphatic rings. The molecule has 0 bridgehead atoms. The average molecular weight is 333 g/mol. The quantitative estimate of drug-likeness (QED) is 0.563. The predicted octanol–water partition coefficient (Wildman–Crippen LogP) is 3.46. The van der Waals surface area contributed by atoms with Gasteiger partial charge in [-0.3, -0.25) is 0 Å². The Balaban J connectivity index is 0. The highest BCUT2D eigenvalue weighted by Crippen LogP contribution is 2.27.